The first-order valence-corrected chi connectivity index (χ1v) is 11.9. The van der Waals surface area contributed by atoms with E-state index in [-0.39, 0.29) is 5.56 Å². The van der Waals surface area contributed by atoms with E-state index in [1.165, 1.54) is 0 Å². The Balaban J connectivity index is 1.95. The van der Waals surface area contributed by atoms with Crippen LogP contribution in [-0.2, 0) is 9.93 Å². The molecular weight excluding hydrogens is 386 g/mol. The lowest BCUT2D eigenvalue weighted by molar-refractivity contribution is 0.415. The standard InChI is InChI=1S/C22H23N3O3S/c1-28-18-11-9-15(10-12-18)19-13-16-14-23-22(29(2,3)27)24-20(16)25(21(19)26)17-7-5-4-6-8-17/h4-14,22,24,29H,1-3H3. The molecular formula is C22H23N3O3S. The molecule has 1 atom stereocenters. The molecule has 0 aliphatic carbocycles. The quantitative estimate of drug-likeness (QED) is 0.650. The molecule has 2 heterocycles. The summed E-state index contributed by atoms with van der Waals surface area (Å²) < 4.78 is 19.4. The molecule has 3 aromatic rings. The van der Waals surface area contributed by atoms with Crippen LogP contribution in [0.2, 0.25) is 0 Å². The molecule has 2 aromatic carbocycles. The smallest absolute Gasteiger partial charge is 0.264 e. The number of thiol groups is 1. The number of nitrogens with one attached hydrogen (secondary N) is 1. The van der Waals surface area contributed by atoms with Crippen LogP contribution in [0.3, 0.4) is 0 Å². The average Bonchev–Trinajstić information content (AvgIpc) is 2.73. The van der Waals surface area contributed by atoms with Crippen molar-refractivity contribution < 1.29 is 8.95 Å². The summed E-state index contributed by atoms with van der Waals surface area (Å²) in [5, 5.41) is 3.22. The fourth-order valence-electron chi connectivity index (χ4n) is 3.31. The molecule has 0 fully saturated rings. The number of hydrogen-bond donors (Lipinski definition) is 2. The summed E-state index contributed by atoms with van der Waals surface area (Å²) in [5.74, 6) is 1.32. The summed E-state index contributed by atoms with van der Waals surface area (Å²) in [5.41, 5.74) is 2.12. The molecule has 1 aliphatic heterocycles. The number of aromatic nitrogens is 1. The fraction of sp³-hybridized carbons (Fsp3) is 0.182. The second-order valence-corrected chi connectivity index (χ2v) is 10.7. The zero-order valence-electron chi connectivity index (χ0n) is 16.5. The van der Waals surface area contributed by atoms with Crippen molar-refractivity contribution in [3.63, 3.8) is 0 Å². The molecule has 1 aliphatic rings. The van der Waals surface area contributed by atoms with Gasteiger partial charge in [0, 0.05) is 17.3 Å². The highest BCUT2D eigenvalue weighted by molar-refractivity contribution is 8.02. The van der Waals surface area contributed by atoms with Crippen LogP contribution in [0.25, 0.3) is 16.8 Å². The van der Waals surface area contributed by atoms with E-state index in [1.54, 1.807) is 30.4 Å². The van der Waals surface area contributed by atoms with Crippen molar-refractivity contribution in [3.05, 3.63) is 76.6 Å². The Labute approximate surface area is 170 Å². The van der Waals surface area contributed by atoms with E-state index < -0.39 is 15.4 Å². The van der Waals surface area contributed by atoms with Crippen LogP contribution in [0.5, 0.6) is 5.75 Å². The fourth-order valence-corrected chi connectivity index (χ4v) is 4.13. The largest absolute Gasteiger partial charge is 0.497 e. The number of aliphatic imine (C=N–C) groups is 1. The third kappa shape index (κ3) is 3.61. The van der Waals surface area contributed by atoms with E-state index in [0.717, 1.165) is 22.6 Å². The van der Waals surface area contributed by atoms with Crippen LogP contribution in [-0.4, -0.2) is 40.1 Å². The van der Waals surface area contributed by atoms with E-state index in [0.29, 0.717) is 11.4 Å². The minimum atomic E-state index is -2.54. The van der Waals surface area contributed by atoms with Gasteiger partial charge in [0.25, 0.3) is 5.56 Å². The number of fused-ring (bicyclic) bond motifs is 1. The monoisotopic (exact) mass is 409 g/mol. The van der Waals surface area contributed by atoms with Gasteiger partial charge in [0.2, 0.25) is 0 Å². The van der Waals surface area contributed by atoms with Gasteiger partial charge in [-0.3, -0.25) is 18.6 Å². The van der Waals surface area contributed by atoms with Gasteiger partial charge in [0.1, 0.15) is 11.6 Å². The number of nitrogens with zero attached hydrogens (tertiary/aromatic N) is 2. The summed E-state index contributed by atoms with van der Waals surface area (Å²) in [6, 6.07) is 18.6. The third-order valence-electron chi connectivity index (χ3n) is 4.86. The molecule has 0 radical (unpaired) electrons. The second kappa shape index (κ2) is 7.33. The number of pyridine rings is 1. The molecule has 1 unspecified atom stereocenters. The Morgan fingerprint density at radius 2 is 1.76 bits per heavy atom. The second-order valence-electron chi connectivity index (χ2n) is 7.30. The SMILES string of the molecule is COc1ccc(-c2cc3c(n(-c4ccccc4)c2=O)NC([SH](C)(C)=O)N=C3)cc1. The van der Waals surface area contributed by atoms with E-state index in [1.807, 2.05) is 60.7 Å². The van der Waals surface area contributed by atoms with Gasteiger partial charge in [0.05, 0.1) is 12.8 Å². The maximum absolute atomic E-state index is 13.5. The Bertz CT molecular complexity index is 1180. The van der Waals surface area contributed by atoms with Crippen molar-refractivity contribution in [1.82, 2.24) is 4.57 Å². The van der Waals surface area contributed by atoms with Crippen LogP contribution in [0.4, 0.5) is 5.82 Å². The summed E-state index contributed by atoms with van der Waals surface area (Å²) in [4.78, 5) is 18.0. The van der Waals surface area contributed by atoms with Crippen molar-refractivity contribution in [1.29, 1.82) is 0 Å². The summed E-state index contributed by atoms with van der Waals surface area (Å²) in [6.07, 6.45) is 5.06. The average molecular weight is 410 g/mol. The van der Waals surface area contributed by atoms with Crippen molar-refractivity contribution in [3.8, 4) is 22.6 Å². The highest BCUT2D eigenvalue weighted by Gasteiger charge is 2.25. The van der Waals surface area contributed by atoms with Gasteiger partial charge in [-0.05, 0) is 48.4 Å². The molecule has 29 heavy (non-hydrogen) atoms. The van der Waals surface area contributed by atoms with E-state index in [9.17, 15) is 9.00 Å². The van der Waals surface area contributed by atoms with Gasteiger partial charge in [-0.15, -0.1) is 0 Å². The molecule has 7 heteroatoms. The lowest BCUT2D eigenvalue weighted by atomic mass is 10.0. The molecule has 1 N–H and O–H groups in total. The van der Waals surface area contributed by atoms with E-state index in [4.69, 9.17) is 4.74 Å². The predicted molar refractivity (Wildman–Crippen MR) is 120 cm³/mol. The van der Waals surface area contributed by atoms with Crippen LogP contribution in [0.1, 0.15) is 5.56 Å². The Hall–Kier alpha value is -3.19. The van der Waals surface area contributed by atoms with Gasteiger partial charge < -0.3 is 10.1 Å². The van der Waals surface area contributed by atoms with Crippen LogP contribution in [0, 0.1) is 0 Å². The lowest BCUT2D eigenvalue weighted by Gasteiger charge is -2.30. The molecule has 0 amide bonds. The summed E-state index contributed by atoms with van der Waals surface area (Å²) in [6.45, 7) is 0. The Morgan fingerprint density at radius 3 is 2.38 bits per heavy atom. The minimum Gasteiger partial charge on any atom is -0.497 e. The highest BCUT2D eigenvalue weighted by atomic mass is 32.2. The van der Waals surface area contributed by atoms with Crippen molar-refractivity contribution in [2.75, 3.05) is 24.9 Å². The first-order valence-electron chi connectivity index (χ1n) is 9.23. The van der Waals surface area contributed by atoms with Crippen molar-refractivity contribution >= 4 is 22.0 Å². The van der Waals surface area contributed by atoms with Crippen molar-refractivity contribution in [2.45, 2.75) is 5.50 Å². The first-order chi connectivity index (χ1) is 13.9. The van der Waals surface area contributed by atoms with Crippen molar-refractivity contribution in [2.24, 2.45) is 4.99 Å². The number of hydrogen-bond acceptors (Lipinski definition) is 5. The topological polar surface area (TPSA) is 72.7 Å². The molecule has 0 spiro atoms. The summed E-state index contributed by atoms with van der Waals surface area (Å²) >= 11 is 0. The number of para-hydroxylation sites is 1. The van der Waals surface area contributed by atoms with E-state index in [2.05, 4.69) is 10.3 Å². The van der Waals surface area contributed by atoms with Gasteiger partial charge in [-0.1, -0.05) is 40.3 Å². The van der Waals surface area contributed by atoms with Crippen LogP contribution < -0.4 is 15.6 Å². The maximum atomic E-state index is 13.5. The molecule has 4 rings (SSSR count). The minimum absolute atomic E-state index is 0.163. The molecule has 0 saturated carbocycles. The lowest BCUT2D eigenvalue weighted by Crippen LogP contribution is -2.37. The Morgan fingerprint density at radius 1 is 1.07 bits per heavy atom. The highest BCUT2D eigenvalue weighted by Crippen LogP contribution is 2.28. The molecule has 150 valence electrons. The maximum Gasteiger partial charge on any atom is 0.264 e. The predicted octanol–water partition coefficient (Wildman–Crippen LogP) is 2.92. The van der Waals surface area contributed by atoms with Gasteiger partial charge >= 0.3 is 0 Å². The zero-order valence-corrected chi connectivity index (χ0v) is 17.4. The summed E-state index contributed by atoms with van der Waals surface area (Å²) in [7, 11) is -0.934. The third-order valence-corrected chi connectivity index (χ3v) is 6.30. The van der Waals surface area contributed by atoms with Gasteiger partial charge in [-0.2, -0.15) is 0 Å². The van der Waals surface area contributed by atoms with Crippen LogP contribution >= 0.6 is 0 Å². The first kappa shape index (κ1) is 19.1. The van der Waals surface area contributed by atoms with E-state index >= 15 is 0 Å². The number of rotatable bonds is 4. The normalized spacial score (nSPS) is 16.0. The number of anilines is 1. The number of ether oxygens (including phenoxy) is 1. The molecule has 1 aromatic heterocycles. The van der Waals surface area contributed by atoms with Gasteiger partial charge in [-0.25, -0.2) is 0 Å². The Kier molecular flexibility index (Phi) is 4.84. The molecule has 6 nitrogen and oxygen atoms in total. The van der Waals surface area contributed by atoms with Crippen LogP contribution in [0.15, 0.2) is 70.5 Å². The molecule has 0 saturated heterocycles. The zero-order chi connectivity index (χ0) is 20.6. The van der Waals surface area contributed by atoms with Gasteiger partial charge in [0.15, 0.2) is 5.50 Å². The molecule has 0 bridgehead atoms. The number of methoxy groups -OCH3 is 1. The number of benzene rings is 2.